The maximum Gasteiger partial charge on any atom is 0.410 e. The number of amides is 3. The minimum absolute atomic E-state index is 0.0885. The first-order chi connectivity index (χ1) is 17.0. The molecule has 0 spiro atoms. The molecule has 0 radical (unpaired) electrons. The van der Waals surface area contributed by atoms with Gasteiger partial charge in [-0.1, -0.05) is 60.7 Å². The van der Waals surface area contributed by atoms with Crippen LogP contribution >= 0.6 is 11.8 Å². The maximum atomic E-state index is 12.7. The van der Waals surface area contributed by atoms with Crippen molar-refractivity contribution in [2.45, 2.75) is 19.3 Å². The molecule has 0 aliphatic rings. The molecule has 2 aromatic rings. The molecule has 0 bridgehead atoms. The number of carbonyl (C=O) groups is 4. The number of ether oxygens (including phenoxy) is 2. The molecule has 35 heavy (non-hydrogen) atoms. The number of nitrogens with one attached hydrogen (secondary N) is 2. The molecule has 3 amide bonds. The third-order valence-electron chi connectivity index (χ3n) is 4.60. The van der Waals surface area contributed by atoms with Crippen LogP contribution in [0.25, 0.3) is 0 Å². The number of rotatable bonds is 14. The van der Waals surface area contributed by atoms with E-state index in [9.17, 15) is 19.2 Å². The highest BCUT2D eigenvalue weighted by atomic mass is 32.2. The Kier molecular flexibility index (Phi) is 12.8. The van der Waals surface area contributed by atoms with Gasteiger partial charge in [0, 0.05) is 18.1 Å². The topological polar surface area (TPSA) is 114 Å². The van der Waals surface area contributed by atoms with Gasteiger partial charge in [0.1, 0.15) is 19.7 Å². The third-order valence-corrected chi connectivity index (χ3v) is 5.60. The Balaban J connectivity index is 1.83. The minimum Gasteiger partial charge on any atom is -0.465 e. The van der Waals surface area contributed by atoms with Crippen molar-refractivity contribution >= 4 is 35.6 Å². The van der Waals surface area contributed by atoms with Gasteiger partial charge in [-0.15, -0.1) is 0 Å². The normalized spacial score (nSPS) is 10.2. The Morgan fingerprint density at radius 3 is 2.11 bits per heavy atom. The molecular weight excluding hydrogens is 470 g/mol. The van der Waals surface area contributed by atoms with Crippen molar-refractivity contribution in [1.29, 1.82) is 0 Å². The summed E-state index contributed by atoms with van der Waals surface area (Å²) in [5.74, 6) is -0.236. The van der Waals surface area contributed by atoms with Crippen molar-refractivity contribution in [2.75, 3.05) is 38.5 Å². The fourth-order valence-corrected chi connectivity index (χ4v) is 3.76. The number of carbonyl (C=O) groups excluding carboxylic acids is 4. The number of esters is 1. The first-order valence-corrected chi connectivity index (χ1v) is 12.4. The lowest BCUT2D eigenvalue weighted by atomic mass is 10.2. The molecule has 188 valence electrons. The van der Waals surface area contributed by atoms with Crippen LogP contribution in [-0.2, 0) is 36.2 Å². The fourth-order valence-electron chi connectivity index (χ4n) is 2.84. The van der Waals surface area contributed by atoms with Crippen LogP contribution in [0.15, 0.2) is 60.7 Å². The highest BCUT2D eigenvalue weighted by molar-refractivity contribution is 7.98. The van der Waals surface area contributed by atoms with Gasteiger partial charge in [-0.2, -0.15) is 11.8 Å². The molecule has 0 heterocycles. The van der Waals surface area contributed by atoms with Gasteiger partial charge in [0.25, 0.3) is 0 Å². The van der Waals surface area contributed by atoms with Crippen molar-refractivity contribution in [3.05, 3.63) is 71.8 Å². The van der Waals surface area contributed by atoms with E-state index in [-0.39, 0.29) is 32.8 Å². The molecule has 0 saturated heterocycles. The summed E-state index contributed by atoms with van der Waals surface area (Å²) < 4.78 is 10.1. The van der Waals surface area contributed by atoms with Gasteiger partial charge in [-0.25, -0.2) is 4.79 Å². The van der Waals surface area contributed by atoms with Crippen LogP contribution in [0.5, 0.6) is 0 Å². The summed E-state index contributed by atoms with van der Waals surface area (Å²) in [7, 11) is 0. The van der Waals surface area contributed by atoms with Crippen LogP contribution in [0, 0.1) is 0 Å². The van der Waals surface area contributed by atoms with Gasteiger partial charge in [0.2, 0.25) is 11.8 Å². The highest BCUT2D eigenvalue weighted by Gasteiger charge is 2.19. The van der Waals surface area contributed by atoms with Crippen molar-refractivity contribution in [3.63, 3.8) is 0 Å². The molecule has 0 saturated carbocycles. The molecule has 2 rings (SSSR count). The standard InChI is InChI=1S/C25H31N3O6S/c1-2-33-24(31)16-27-22(29)15-26-23(30)17-28(13-14-35-19-21-11-7-4-8-12-21)25(32)34-18-20-9-5-3-6-10-20/h3-12H,2,13-19H2,1H3,(H,26,30)(H,27,29). The lowest BCUT2D eigenvalue weighted by molar-refractivity contribution is -0.143. The van der Waals surface area contributed by atoms with Gasteiger partial charge in [-0.05, 0) is 18.1 Å². The molecule has 2 aromatic carbocycles. The minimum atomic E-state index is -0.615. The van der Waals surface area contributed by atoms with E-state index in [0.717, 1.165) is 11.3 Å². The van der Waals surface area contributed by atoms with E-state index in [2.05, 4.69) is 10.6 Å². The number of hydrogen-bond donors (Lipinski definition) is 2. The number of benzene rings is 2. The van der Waals surface area contributed by atoms with Crippen LogP contribution in [-0.4, -0.2) is 67.3 Å². The zero-order valence-corrected chi connectivity index (χ0v) is 20.6. The van der Waals surface area contributed by atoms with Crippen molar-refractivity contribution < 1.29 is 28.7 Å². The second-order valence-corrected chi connectivity index (χ2v) is 8.46. The molecule has 0 fully saturated rings. The van der Waals surface area contributed by atoms with Crippen LogP contribution in [0.4, 0.5) is 4.79 Å². The van der Waals surface area contributed by atoms with Gasteiger partial charge in [0.15, 0.2) is 0 Å². The molecule has 2 N–H and O–H groups in total. The average Bonchev–Trinajstić information content (AvgIpc) is 2.88. The Labute approximate surface area is 209 Å². The van der Waals surface area contributed by atoms with Gasteiger partial charge in [-0.3, -0.25) is 19.3 Å². The van der Waals surface area contributed by atoms with E-state index in [1.54, 1.807) is 18.7 Å². The summed E-state index contributed by atoms with van der Waals surface area (Å²) in [5, 5.41) is 4.81. The van der Waals surface area contributed by atoms with E-state index < -0.39 is 23.9 Å². The molecular formula is C25H31N3O6S. The van der Waals surface area contributed by atoms with Crippen LogP contribution in [0.2, 0.25) is 0 Å². The SMILES string of the molecule is CCOC(=O)CNC(=O)CNC(=O)CN(CCSCc1ccccc1)C(=O)OCc1ccccc1. The van der Waals surface area contributed by atoms with Crippen LogP contribution < -0.4 is 10.6 Å². The van der Waals surface area contributed by atoms with Crippen LogP contribution in [0.3, 0.4) is 0 Å². The summed E-state index contributed by atoms with van der Waals surface area (Å²) in [5.41, 5.74) is 2.00. The molecule has 0 aliphatic carbocycles. The zero-order valence-electron chi connectivity index (χ0n) is 19.7. The molecule has 0 aromatic heterocycles. The fraction of sp³-hybridized carbons (Fsp3) is 0.360. The van der Waals surface area contributed by atoms with E-state index in [0.29, 0.717) is 12.3 Å². The summed E-state index contributed by atoms with van der Waals surface area (Å²) in [6.07, 6.45) is -0.615. The Morgan fingerprint density at radius 1 is 0.829 bits per heavy atom. The smallest absolute Gasteiger partial charge is 0.410 e. The second-order valence-electron chi connectivity index (χ2n) is 7.36. The number of hydrogen-bond acceptors (Lipinski definition) is 7. The number of nitrogens with zero attached hydrogens (tertiary/aromatic N) is 1. The highest BCUT2D eigenvalue weighted by Crippen LogP contribution is 2.12. The first kappa shape index (κ1) is 27.7. The Morgan fingerprint density at radius 2 is 1.46 bits per heavy atom. The largest absolute Gasteiger partial charge is 0.465 e. The summed E-state index contributed by atoms with van der Waals surface area (Å²) in [6, 6.07) is 19.2. The molecule has 0 unspecified atom stereocenters. The zero-order chi connectivity index (χ0) is 25.3. The monoisotopic (exact) mass is 501 g/mol. The van der Waals surface area contributed by atoms with Crippen LogP contribution in [0.1, 0.15) is 18.1 Å². The van der Waals surface area contributed by atoms with E-state index >= 15 is 0 Å². The van der Waals surface area contributed by atoms with E-state index in [1.165, 1.54) is 10.5 Å². The van der Waals surface area contributed by atoms with E-state index in [4.69, 9.17) is 9.47 Å². The molecule has 0 atom stereocenters. The Hall–Kier alpha value is -3.53. The molecule has 9 nitrogen and oxygen atoms in total. The maximum absolute atomic E-state index is 12.7. The summed E-state index contributed by atoms with van der Waals surface area (Å²) in [4.78, 5) is 49.5. The predicted molar refractivity (Wildman–Crippen MR) is 133 cm³/mol. The van der Waals surface area contributed by atoms with Gasteiger partial charge < -0.3 is 20.1 Å². The second kappa shape index (κ2) is 16.2. The van der Waals surface area contributed by atoms with Gasteiger partial charge in [0.05, 0.1) is 13.2 Å². The summed E-state index contributed by atoms with van der Waals surface area (Å²) >= 11 is 1.64. The lowest BCUT2D eigenvalue weighted by Gasteiger charge is -2.21. The van der Waals surface area contributed by atoms with Crippen molar-refractivity contribution in [3.8, 4) is 0 Å². The van der Waals surface area contributed by atoms with Crippen molar-refractivity contribution in [1.82, 2.24) is 15.5 Å². The quantitative estimate of drug-likeness (QED) is 0.302. The van der Waals surface area contributed by atoms with Gasteiger partial charge >= 0.3 is 12.1 Å². The number of thioether (sulfide) groups is 1. The third kappa shape index (κ3) is 11.9. The first-order valence-electron chi connectivity index (χ1n) is 11.2. The van der Waals surface area contributed by atoms with E-state index in [1.807, 2.05) is 60.7 Å². The average molecular weight is 502 g/mol. The lowest BCUT2D eigenvalue weighted by Crippen LogP contribution is -2.45. The molecule has 0 aliphatic heterocycles. The Bertz CT molecular complexity index is 943. The van der Waals surface area contributed by atoms with Crippen molar-refractivity contribution in [2.24, 2.45) is 0 Å². The predicted octanol–water partition coefficient (Wildman–Crippen LogP) is 2.35. The summed E-state index contributed by atoms with van der Waals surface area (Å²) in [6.45, 7) is 1.40. The molecule has 10 heteroatoms.